The number of fused-ring (bicyclic) bond motifs is 2. The number of imidazole rings is 1. The third kappa shape index (κ3) is 1.93. The van der Waals surface area contributed by atoms with E-state index in [1.54, 1.807) is 0 Å². The molecule has 1 aliphatic heterocycles. The quantitative estimate of drug-likeness (QED) is 0.720. The van der Waals surface area contributed by atoms with Crippen LogP contribution in [-0.4, -0.2) is 9.38 Å². The molecule has 21 heavy (non-hydrogen) atoms. The van der Waals surface area contributed by atoms with Gasteiger partial charge in [-0.3, -0.25) is 5.32 Å². The first-order valence-electron chi connectivity index (χ1n) is 7.14. The Kier molecular flexibility index (Phi) is 2.91. The molecule has 106 valence electrons. The smallest absolute Gasteiger partial charge is 0.137 e. The van der Waals surface area contributed by atoms with Crippen LogP contribution in [0.1, 0.15) is 41.5 Å². The average molecular weight is 342 g/mol. The summed E-state index contributed by atoms with van der Waals surface area (Å²) in [6, 6.07) is 13.3. The van der Waals surface area contributed by atoms with E-state index >= 15 is 0 Å². The molecule has 0 unspecified atom stereocenters. The van der Waals surface area contributed by atoms with E-state index < -0.39 is 0 Å². The normalized spacial score (nSPS) is 20.9. The van der Waals surface area contributed by atoms with Crippen LogP contribution in [0.2, 0.25) is 0 Å². The SMILES string of the molecule is Cc1nc2ccc(Br)cn2c1[C@H]1N[C@@H](C)c2ccccc21. The molecule has 0 saturated heterocycles. The highest BCUT2D eigenvalue weighted by atomic mass is 79.9. The van der Waals surface area contributed by atoms with Crippen molar-refractivity contribution in [2.75, 3.05) is 0 Å². The Balaban J connectivity index is 1.96. The molecule has 2 aromatic heterocycles. The van der Waals surface area contributed by atoms with Gasteiger partial charge in [-0.1, -0.05) is 24.3 Å². The van der Waals surface area contributed by atoms with Gasteiger partial charge in [0.05, 0.1) is 17.4 Å². The van der Waals surface area contributed by atoms with E-state index in [9.17, 15) is 0 Å². The van der Waals surface area contributed by atoms with Crippen molar-refractivity contribution in [2.45, 2.75) is 25.9 Å². The maximum absolute atomic E-state index is 4.70. The van der Waals surface area contributed by atoms with E-state index in [0.29, 0.717) is 6.04 Å². The number of halogens is 1. The number of pyridine rings is 1. The number of aryl methyl sites for hydroxylation is 1. The number of aromatic nitrogens is 2. The predicted octanol–water partition coefficient (Wildman–Crippen LogP) is 4.16. The molecule has 4 heteroatoms. The van der Waals surface area contributed by atoms with Crippen LogP contribution < -0.4 is 5.32 Å². The summed E-state index contributed by atoms with van der Waals surface area (Å²) in [5.41, 5.74) is 6.03. The van der Waals surface area contributed by atoms with Crippen LogP contribution in [0.3, 0.4) is 0 Å². The summed E-state index contributed by atoms with van der Waals surface area (Å²) in [6.45, 7) is 4.30. The number of nitrogens with one attached hydrogen (secondary N) is 1. The summed E-state index contributed by atoms with van der Waals surface area (Å²) in [7, 11) is 0. The Hall–Kier alpha value is -1.65. The lowest BCUT2D eigenvalue weighted by Crippen LogP contribution is -2.19. The molecule has 1 aromatic carbocycles. The Morgan fingerprint density at radius 3 is 2.71 bits per heavy atom. The lowest BCUT2D eigenvalue weighted by Gasteiger charge is -2.14. The number of hydrogen-bond acceptors (Lipinski definition) is 2. The predicted molar refractivity (Wildman–Crippen MR) is 87.5 cm³/mol. The molecule has 0 saturated carbocycles. The molecule has 2 atom stereocenters. The van der Waals surface area contributed by atoms with Crippen molar-refractivity contribution < 1.29 is 0 Å². The highest BCUT2D eigenvalue weighted by Gasteiger charge is 2.31. The maximum Gasteiger partial charge on any atom is 0.137 e. The fourth-order valence-electron chi connectivity index (χ4n) is 3.33. The monoisotopic (exact) mass is 341 g/mol. The van der Waals surface area contributed by atoms with Crippen molar-refractivity contribution in [1.29, 1.82) is 0 Å². The third-order valence-electron chi connectivity index (χ3n) is 4.27. The lowest BCUT2D eigenvalue weighted by molar-refractivity contribution is 0.561. The summed E-state index contributed by atoms with van der Waals surface area (Å²) >= 11 is 3.56. The zero-order valence-corrected chi connectivity index (χ0v) is 13.6. The van der Waals surface area contributed by atoms with Gasteiger partial charge in [0.2, 0.25) is 0 Å². The molecule has 1 N–H and O–H groups in total. The standard InChI is InChI=1S/C17H16BrN3/c1-10-13-5-3-4-6-14(13)16(20-10)17-11(2)19-15-8-7-12(18)9-21(15)17/h3-10,16,20H,1-2H3/t10-,16-/m0/s1. The van der Waals surface area contributed by atoms with E-state index in [4.69, 9.17) is 4.98 Å². The van der Waals surface area contributed by atoms with Crippen molar-refractivity contribution in [3.8, 4) is 0 Å². The molecule has 4 rings (SSSR count). The Bertz CT molecular complexity index is 837. The van der Waals surface area contributed by atoms with Gasteiger partial charge < -0.3 is 4.40 Å². The average Bonchev–Trinajstić information content (AvgIpc) is 2.96. The highest BCUT2D eigenvalue weighted by molar-refractivity contribution is 9.10. The summed E-state index contributed by atoms with van der Waals surface area (Å²) in [5, 5.41) is 3.70. The Morgan fingerprint density at radius 1 is 1.14 bits per heavy atom. The van der Waals surface area contributed by atoms with Crippen molar-refractivity contribution >= 4 is 21.6 Å². The van der Waals surface area contributed by atoms with E-state index in [1.807, 2.05) is 12.1 Å². The van der Waals surface area contributed by atoms with Crippen molar-refractivity contribution in [1.82, 2.24) is 14.7 Å². The molecule has 1 aliphatic rings. The molecule has 3 heterocycles. The number of benzene rings is 1. The summed E-state index contributed by atoms with van der Waals surface area (Å²) in [6.07, 6.45) is 2.10. The van der Waals surface area contributed by atoms with Gasteiger partial charge in [0.25, 0.3) is 0 Å². The van der Waals surface area contributed by atoms with Crippen LogP contribution in [0.4, 0.5) is 0 Å². The molecule has 0 bridgehead atoms. The number of rotatable bonds is 1. The van der Waals surface area contributed by atoms with Crippen molar-refractivity contribution in [3.63, 3.8) is 0 Å². The van der Waals surface area contributed by atoms with Crippen LogP contribution >= 0.6 is 15.9 Å². The van der Waals surface area contributed by atoms with Gasteiger partial charge in [0.15, 0.2) is 0 Å². The van der Waals surface area contributed by atoms with Crippen LogP contribution in [0.25, 0.3) is 5.65 Å². The van der Waals surface area contributed by atoms with Crippen molar-refractivity contribution in [3.05, 3.63) is 69.6 Å². The summed E-state index contributed by atoms with van der Waals surface area (Å²) in [5.74, 6) is 0. The Labute approximate surface area is 132 Å². The second kappa shape index (κ2) is 4.68. The van der Waals surface area contributed by atoms with Gasteiger partial charge in [-0.2, -0.15) is 0 Å². The molecule has 0 aliphatic carbocycles. The van der Waals surface area contributed by atoms with Gasteiger partial charge in [-0.05, 0) is 53.0 Å². The minimum absolute atomic E-state index is 0.195. The van der Waals surface area contributed by atoms with E-state index in [2.05, 4.69) is 70.0 Å². The van der Waals surface area contributed by atoms with Gasteiger partial charge >= 0.3 is 0 Å². The first-order valence-corrected chi connectivity index (χ1v) is 7.93. The topological polar surface area (TPSA) is 29.3 Å². The van der Waals surface area contributed by atoms with Crippen molar-refractivity contribution in [2.24, 2.45) is 0 Å². The zero-order chi connectivity index (χ0) is 14.6. The second-order valence-electron chi connectivity index (χ2n) is 5.61. The van der Waals surface area contributed by atoms with E-state index in [-0.39, 0.29) is 6.04 Å². The van der Waals surface area contributed by atoms with Gasteiger partial charge in [0.1, 0.15) is 5.65 Å². The third-order valence-corrected chi connectivity index (χ3v) is 4.74. The van der Waals surface area contributed by atoms with Crippen LogP contribution in [0, 0.1) is 6.92 Å². The Morgan fingerprint density at radius 2 is 1.90 bits per heavy atom. The minimum Gasteiger partial charge on any atom is -0.301 e. The molecule has 0 amide bonds. The summed E-state index contributed by atoms with van der Waals surface area (Å²) < 4.78 is 3.25. The van der Waals surface area contributed by atoms with Crippen LogP contribution in [0.15, 0.2) is 47.1 Å². The maximum atomic E-state index is 4.70. The molecule has 0 radical (unpaired) electrons. The first-order chi connectivity index (χ1) is 10.1. The lowest BCUT2D eigenvalue weighted by atomic mass is 10.00. The van der Waals surface area contributed by atoms with Gasteiger partial charge in [-0.15, -0.1) is 0 Å². The number of nitrogens with zero attached hydrogens (tertiary/aromatic N) is 2. The number of hydrogen-bond donors (Lipinski definition) is 1. The van der Waals surface area contributed by atoms with Crippen LogP contribution in [-0.2, 0) is 0 Å². The molecular formula is C17H16BrN3. The van der Waals surface area contributed by atoms with Gasteiger partial charge in [0, 0.05) is 16.7 Å². The molecule has 3 aromatic rings. The molecular weight excluding hydrogens is 326 g/mol. The largest absolute Gasteiger partial charge is 0.301 e. The zero-order valence-electron chi connectivity index (χ0n) is 12.0. The highest BCUT2D eigenvalue weighted by Crippen LogP contribution is 2.38. The second-order valence-corrected chi connectivity index (χ2v) is 6.52. The van der Waals surface area contributed by atoms with Gasteiger partial charge in [-0.25, -0.2) is 4.98 Å². The van der Waals surface area contributed by atoms with E-state index in [0.717, 1.165) is 15.8 Å². The fourth-order valence-corrected chi connectivity index (χ4v) is 3.66. The van der Waals surface area contributed by atoms with E-state index in [1.165, 1.54) is 16.8 Å². The molecule has 0 spiro atoms. The van der Waals surface area contributed by atoms with Crippen LogP contribution in [0.5, 0.6) is 0 Å². The minimum atomic E-state index is 0.195. The fraction of sp³-hybridized carbons (Fsp3) is 0.235. The molecule has 3 nitrogen and oxygen atoms in total. The first kappa shape index (κ1) is 13.0. The molecule has 0 fully saturated rings. The summed E-state index contributed by atoms with van der Waals surface area (Å²) in [4.78, 5) is 4.70.